The number of hydrogen-bond acceptors (Lipinski definition) is 12. The molecule has 15 nitrogen and oxygen atoms in total. The second-order valence-corrected chi connectivity index (χ2v) is 6.94. The van der Waals surface area contributed by atoms with Crippen molar-refractivity contribution in [1.29, 1.82) is 0 Å². The molecule has 10 atom stereocenters. The Hall–Kier alpha value is -1.88. The molecule has 7 N–H and O–H groups in total. The SMILES string of the molecule is C=CCO[C@@]1(C(=O)O)O[C@H]([C@H](O)CO[C@H]2OC[C@H](N=[N+]=[N-])[C@H](O)[C@H]2O)[C@H](O)[C@H](O)[C@@H]1O. The molecule has 31 heavy (non-hydrogen) atoms. The van der Waals surface area contributed by atoms with Gasteiger partial charge in [-0.3, -0.25) is 0 Å². The van der Waals surface area contributed by atoms with Crippen LogP contribution in [-0.4, -0.2) is 122 Å². The van der Waals surface area contributed by atoms with Crippen molar-refractivity contribution in [3.63, 3.8) is 0 Å². The Morgan fingerprint density at radius 2 is 1.94 bits per heavy atom. The van der Waals surface area contributed by atoms with Crippen LogP contribution in [0.2, 0.25) is 0 Å². The molecule has 0 aromatic rings. The number of aliphatic hydroxyl groups excluding tert-OH is 6. The highest BCUT2D eigenvalue weighted by molar-refractivity contribution is 5.77. The third-order valence-corrected chi connectivity index (χ3v) is 4.89. The summed E-state index contributed by atoms with van der Waals surface area (Å²) in [4.78, 5) is 14.2. The number of azide groups is 1. The summed E-state index contributed by atoms with van der Waals surface area (Å²) in [6, 6.07) is -1.07. The van der Waals surface area contributed by atoms with Gasteiger partial charge in [-0.15, -0.1) is 6.58 Å². The summed E-state index contributed by atoms with van der Waals surface area (Å²) >= 11 is 0. The number of carbonyl (C=O) groups is 1. The van der Waals surface area contributed by atoms with Crippen LogP contribution in [0.1, 0.15) is 0 Å². The standard InChI is InChI=1S/C16H25N3O12/c1-2-3-30-16(15(26)27)13(25)10(23)9(22)12(31-16)7(20)5-29-14-11(24)8(21)6(4-28-14)18-19-17/h2,6-14,20-25H,1,3-5H2,(H,26,27)/t6-,7+,8-,9+,10-,11+,12+,13-,14+,16+/m0/s1. The van der Waals surface area contributed by atoms with Gasteiger partial charge in [0, 0.05) is 4.91 Å². The summed E-state index contributed by atoms with van der Waals surface area (Å²) in [6.45, 7) is 1.92. The largest absolute Gasteiger partial charge is 0.477 e. The Morgan fingerprint density at radius 3 is 2.52 bits per heavy atom. The summed E-state index contributed by atoms with van der Waals surface area (Å²) in [7, 11) is 0. The van der Waals surface area contributed by atoms with E-state index in [0.29, 0.717) is 0 Å². The molecule has 2 saturated heterocycles. The predicted molar refractivity (Wildman–Crippen MR) is 96.1 cm³/mol. The number of aliphatic hydroxyl groups is 6. The van der Waals surface area contributed by atoms with Crippen LogP contribution in [0.15, 0.2) is 17.8 Å². The molecule has 0 aliphatic carbocycles. The zero-order valence-electron chi connectivity index (χ0n) is 16.1. The Balaban J connectivity index is 2.09. The van der Waals surface area contributed by atoms with Gasteiger partial charge in [0.2, 0.25) is 0 Å². The Kier molecular flexibility index (Phi) is 8.70. The van der Waals surface area contributed by atoms with Crippen molar-refractivity contribution >= 4 is 5.97 Å². The van der Waals surface area contributed by atoms with Crippen molar-refractivity contribution in [3.8, 4) is 0 Å². The number of rotatable bonds is 9. The van der Waals surface area contributed by atoms with E-state index in [2.05, 4.69) is 16.6 Å². The molecule has 0 aromatic heterocycles. The molecule has 0 amide bonds. The van der Waals surface area contributed by atoms with E-state index in [0.717, 1.165) is 6.08 Å². The summed E-state index contributed by atoms with van der Waals surface area (Å²) in [6.07, 6.45) is -13.3. The molecular weight excluding hydrogens is 426 g/mol. The first-order chi connectivity index (χ1) is 14.6. The van der Waals surface area contributed by atoms with Crippen LogP contribution < -0.4 is 0 Å². The van der Waals surface area contributed by atoms with Crippen molar-refractivity contribution in [1.82, 2.24) is 0 Å². The zero-order chi connectivity index (χ0) is 23.3. The molecule has 2 aliphatic heterocycles. The summed E-state index contributed by atoms with van der Waals surface area (Å²) in [5.41, 5.74) is 8.42. The minimum absolute atomic E-state index is 0.298. The van der Waals surface area contributed by atoms with Crippen molar-refractivity contribution in [2.45, 2.75) is 60.8 Å². The van der Waals surface area contributed by atoms with Gasteiger partial charge in [-0.1, -0.05) is 11.2 Å². The summed E-state index contributed by atoms with van der Waals surface area (Å²) in [5.74, 6) is -4.65. The lowest BCUT2D eigenvalue weighted by molar-refractivity contribution is -0.359. The Labute approximate surface area is 175 Å². The van der Waals surface area contributed by atoms with Crippen LogP contribution in [-0.2, 0) is 23.7 Å². The van der Waals surface area contributed by atoms with Crippen LogP contribution in [0, 0.1) is 0 Å². The average molecular weight is 451 g/mol. The zero-order valence-corrected chi connectivity index (χ0v) is 16.1. The van der Waals surface area contributed by atoms with E-state index < -0.39 is 80.0 Å². The quantitative estimate of drug-likeness (QED) is 0.0784. The normalized spacial score (nSPS) is 41.7. The Bertz CT molecular complexity index is 691. The number of carboxylic acid groups (broad SMARTS) is 1. The van der Waals surface area contributed by atoms with Crippen LogP contribution in [0.25, 0.3) is 10.4 Å². The monoisotopic (exact) mass is 451 g/mol. The molecule has 2 aliphatic rings. The fraction of sp³-hybridized carbons (Fsp3) is 0.812. The minimum Gasteiger partial charge on any atom is -0.477 e. The van der Waals surface area contributed by atoms with E-state index in [1.54, 1.807) is 0 Å². The van der Waals surface area contributed by atoms with Crippen LogP contribution >= 0.6 is 0 Å². The highest BCUT2D eigenvalue weighted by Crippen LogP contribution is 2.33. The second kappa shape index (κ2) is 10.6. The maximum absolute atomic E-state index is 11.7. The van der Waals surface area contributed by atoms with E-state index in [9.17, 15) is 40.5 Å². The first kappa shape index (κ1) is 25.4. The third kappa shape index (κ3) is 5.14. The van der Waals surface area contributed by atoms with Gasteiger partial charge >= 0.3 is 5.97 Å². The molecule has 0 unspecified atom stereocenters. The lowest BCUT2D eigenvalue weighted by Crippen LogP contribution is -2.70. The van der Waals surface area contributed by atoms with Gasteiger partial charge in [-0.25, -0.2) is 4.79 Å². The maximum atomic E-state index is 11.7. The van der Waals surface area contributed by atoms with Crippen LogP contribution in [0.4, 0.5) is 0 Å². The highest BCUT2D eigenvalue weighted by atomic mass is 16.7. The van der Waals surface area contributed by atoms with E-state index in [1.807, 2.05) is 0 Å². The first-order valence-corrected chi connectivity index (χ1v) is 9.12. The number of hydrogen-bond donors (Lipinski definition) is 7. The molecule has 15 heteroatoms. The van der Waals surface area contributed by atoms with Gasteiger partial charge in [0.25, 0.3) is 5.79 Å². The molecule has 0 spiro atoms. The highest BCUT2D eigenvalue weighted by Gasteiger charge is 2.61. The number of carboxylic acids is 1. The first-order valence-electron chi connectivity index (χ1n) is 9.12. The average Bonchev–Trinajstić information content (AvgIpc) is 2.74. The fourth-order valence-electron chi connectivity index (χ4n) is 3.18. The smallest absolute Gasteiger partial charge is 0.367 e. The molecule has 2 heterocycles. The lowest BCUT2D eigenvalue weighted by atomic mass is 9.90. The minimum atomic E-state index is -2.82. The predicted octanol–water partition coefficient (Wildman–Crippen LogP) is -3.41. The van der Waals surface area contributed by atoms with Crippen LogP contribution in [0.3, 0.4) is 0 Å². The Morgan fingerprint density at radius 1 is 1.26 bits per heavy atom. The van der Waals surface area contributed by atoms with Gasteiger partial charge in [0.1, 0.15) is 36.6 Å². The van der Waals surface area contributed by atoms with Gasteiger partial charge in [-0.05, 0) is 5.53 Å². The molecule has 176 valence electrons. The van der Waals surface area contributed by atoms with Gasteiger partial charge in [0.15, 0.2) is 6.29 Å². The molecule has 2 fully saturated rings. The summed E-state index contributed by atoms with van der Waals surface area (Å²) in [5, 5.41) is 73.4. The number of aliphatic carboxylic acids is 1. The number of nitrogens with zero attached hydrogens (tertiary/aromatic N) is 3. The van der Waals surface area contributed by atoms with Gasteiger partial charge < -0.3 is 54.7 Å². The maximum Gasteiger partial charge on any atom is 0.367 e. The summed E-state index contributed by atoms with van der Waals surface area (Å²) < 4.78 is 20.5. The van der Waals surface area contributed by atoms with E-state index in [4.69, 9.17) is 24.5 Å². The molecule has 0 radical (unpaired) electrons. The van der Waals surface area contributed by atoms with Crippen molar-refractivity contribution in [2.75, 3.05) is 19.8 Å². The van der Waals surface area contributed by atoms with E-state index in [1.165, 1.54) is 0 Å². The van der Waals surface area contributed by atoms with E-state index in [-0.39, 0.29) is 6.61 Å². The molecular formula is C16H25N3O12. The molecule has 2 rings (SSSR count). The third-order valence-electron chi connectivity index (χ3n) is 4.89. The van der Waals surface area contributed by atoms with Crippen LogP contribution in [0.5, 0.6) is 0 Å². The van der Waals surface area contributed by atoms with Crippen molar-refractivity contribution < 1.29 is 59.5 Å². The van der Waals surface area contributed by atoms with E-state index >= 15 is 0 Å². The molecule has 0 saturated carbocycles. The molecule has 0 aromatic carbocycles. The fourth-order valence-corrected chi connectivity index (χ4v) is 3.18. The lowest BCUT2D eigenvalue weighted by Gasteiger charge is -2.46. The van der Waals surface area contributed by atoms with Crippen molar-refractivity contribution in [3.05, 3.63) is 23.1 Å². The van der Waals surface area contributed by atoms with Gasteiger partial charge in [-0.2, -0.15) is 0 Å². The molecule has 0 bridgehead atoms. The topological polar surface area (TPSA) is 244 Å². The number of ether oxygens (including phenoxy) is 4. The second-order valence-electron chi connectivity index (χ2n) is 6.94. The van der Waals surface area contributed by atoms with Gasteiger partial charge in [0.05, 0.1) is 32.0 Å². The van der Waals surface area contributed by atoms with Crippen molar-refractivity contribution in [2.24, 2.45) is 5.11 Å².